The molecule has 1 unspecified atom stereocenters. The van der Waals surface area contributed by atoms with E-state index in [-0.39, 0.29) is 5.97 Å². The molecule has 1 aromatic rings. The van der Waals surface area contributed by atoms with Crippen molar-refractivity contribution in [2.45, 2.75) is 30.6 Å². The third-order valence-corrected chi connectivity index (χ3v) is 4.05. The van der Waals surface area contributed by atoms with E-state index in [2.05, 4.69) is 10.2 Å². The number of esters is 1. The van der Waals surface area contributed by atoms with Crippen molar-refractivity contribution in [3.63, 3.8) is 0 Å². The first-order valence-corrected chi connectivity index (χ1v) is 6.65. The van der Waals surface area contributed by atoms with Crippen molar-refractivity contribution >= 4 is 29.1 Å². The summed E-state index contributed by atoms with van der Waals surface area (Å²) in [6, 6.07) is 0. The first kappa shape index (κ1) is 13.4. The van der Waals surface area contributed by atoms with Gasteiger partial charge in [-0.05, 0) is 20.8 Å². The number of carbonyl (C=O) groups excluding carboxylic acids is 1. The van der Waals surface area contributed by atoms with Gasteiger partial charge >= 0.3 is 5.97 Å². The first-order valence-electron chi connectivity index (χ1n) is 4.84. The molecule has 0 aliphatic rings. The molecule has 0 saturated carbocycles. The molecule has 0 amide bonds. The lowest BCUT2D eigenvalue weighted by Crippen LogP contribution is -2.48. The molecule has 1 atom stereocenters. The highest BCUT2D eigenvalue weighted by Crippen LogP contribution is 2.25. The summed E-state index contributed by atoms with van der Waals surface area (Å²) in [6.45, 7) is 5.64. The fourth-order valence-electron chi connectivity index (χ4n) is 0.903. The lowest BCUT2D eigenvalue weighted by molar-refractivity contribution is -0.148. The Labute approximate surface area is 103 Å². The first-order chi connectivity index (χ1) is 7.45. The Bertz CT molecular complexity index is 365. The fourth-order valence-corrected chi connectivity index (χ4v) is 2.73. The number of ether oxygens (including phenoxy) is 1. The van der Waals surface area contributed by atoms with Crippen molar-refractivity contribution in [3.8, 4) is 0 Å². The predicted octanol–water partition coefficient (Wildman–Crippen LogP) is 1.22. The Balaban J connectivity index is 2.50. The summed E-state index contributed by atoms with van der Waals surface area (Å²) < 4.78 is 5.71. The number of carbonyl (C=O) groups is 1. The van der Waals surface area contributed by atoms with E-state index in [0.717, 1.165) is 9.35 Å². The van der Waals surface area contributed by atoms with Gasteiger partial charge in [-0.2, -0.15) is 0 Å². The Morgan fingerprint density at radius 3 is 2.81 bits per heavy atom. The minimum Gasteiger partial charge on any atom is -0.465 e. The van der Waals surface area contributed by atoms with Crippen LogP contribution in [0.4, 0.5) is 0 Å². The van der Waals surface area contributed by atoms with Gasteiger partial charge in [0.2, 0.25) is 0 Å². The summed E-state index contributed by atoms with van der Waals surface area (Å²) in [7, 11) is 0. The number of nitrogens with zero attached hydrogens (tertiary/aromatic N) is 2. The summed E-state index contributed by atoms with van der Waals surface area (Å²) in [5.74, 6) is 0.0456. The zero-order valence-electron chi connectivity index (χ0n) is 9.52. The summed E-state index contributed by atoms with van der Waals surface area (Å²) in [4.78, 5) is 11.5. The summed E-state index contributed by atoms with van der Waals surface area (Å²) in [5.41, 5.74) is 4.88. The number of thioether (sulfide) groups is 1. The molecule has 16 heavy (non-hydrogen) atoms. The van der Waals surface area contributed by atoms with Gasteiger partial charge in [0, 0.05) is 5.75 Å². The Morgan fingerprint density at radius 2 is 2.31 bits per heavy atom. The maximum absolute atomic E-state index is 11.5. The fraction of sp³-hybridized carbons (Fsp3) is 0.667. The molecule has 7 heteroatoms. The lowest BCUT2D eigenvalue weighted by Gasteiger charge is -2.20. The minimum absolute atomic E-state index is 0.341. The highest BCUT2D eigenvalue weighted by molar-refractivity contribution is 8.01. The third kappa shape index (κ3) is 3.73. The van der Waals surface area contributed by atoms with Crippen LogP contribution in [0, 0.1) is 6.92 Å². The van der Waals surface area contributed by atoms with Crippen LogP contribution < -0.4 is 5.73 Å². The summed E-state index contributed by atoms with van der Waals surface area (Å²) in [6.07, 6.45) is 0. The van der Waals surface area contributed by atoms with Gasteiger partial charge in [-0.1, -0.05) is 23.1 Å². The number of hydrogen-bond donors (Lipinski definition) is 1. The molecule has 0 aromatic carbocycles. The number of nitrogens with two attached hydrogens (primary N) is 1. The smallest absolute Gasteiger partial charge is 0.326 e. The van der Waals surface area contributed by atoms with E-state index in [0.29, 0.717) is 12.4 Å². The molecule has 1 aromatic heterocycles. The van der Waals surface area contributed by atoms with E-state index in [1.165, 1.54) is 23.1 Å². The standard InChI is InChI=1S/C9H15N3O2S2/c1-4-14-7(13)9(3,10)5-15-8-12-11-6(2)16-8/h4-5,10H2,1-3H3. The predicted molar refractivity (Wildman–Crippen MR) is 64.6 cm³/mol. The van der Waals surface area contributed by atoms with Crippen molar-refractivity contribution in [3.05, 3.63) is 5.01 Å². The van der Waals surface area contributed by atoms with E-state index >= 15 is 0 Å². The quantitative estimate of drug-likeness (QED) is 0.634. The van der Waals surface area contributed by atoms with Crippen molar-refractivity contribution in [2.75, 3.05) is 12.4 Å². The molecule has 1 heterocycles. The Morgan fingerprint density at radius 1 is 1.62 bits per heavy atom. The van der Waals surface area contributed by atoms with E-state index in [1.54, 1.807) is 13.8 Å². The van der Waals surface area contributed by atoms with Gasteiger partial charge < -0.3 is 10.5 Å². The monoisotopic (exact) mass is 261 g/mol. The average molecular weight is 261 g/mol. The second-order valence-corrected chi connectivity index (χ2v) is 5.92. The lowest BCUT2D eigenvalue weighted by atomic mass is 10.1. The third-order valence-electron chi connectivity index (χ3n) is 1.74. The molecule has 2 N–H and O–H groups in total. The van der Waals surface area contributed by atoms with Crippen molar-refractivity contribution < 1.29 is 9.53 Å². The number of aromatic nitrogens is 2. The molecular weight excluding hydrogens is 246 g/mol. The van der Waals surface area contributed by atoms with Crippen LogP contribution in [-0.4, -0.2) is 34.1 Å². The normalized spacial score (nSPS) is 14.5. The number of rotatable bonds is 5. The molecule has 90 valence electrons. The van der Waals surface area contributed by atoms with Gasteiger partial charge in [0.05, 0.1) is 6.61 Å². The zero-order chi connectivity index (χ0) is 12.2. The molecule has 1 rings (SSSR count). The van der Waals surface area contributed by atoms with Crippen LogP contribution in [0.5, 0.6) is 0 Å². The van der Waals surface area contributed by atoms with Crippen LogP contribution in [0.1, 0.15) is 18.9 Å². The number of aryl methyl sites for hydroxylation is 1. The largest absolute Gasteiger partial charge is 0.465 e. The van der Waals surface area contributed by atoms with E-state index in [1.807, 2.05) is 6.92 Å². The molecule has 0 saturated heterocycles. The summed E-state index contributed by atoms with van der Waals surface area (Å²) in [5, 5.41) is 8.74. The molecule has 0 aliphatic heterocycles. The molecule has 0 radical (unpaired) electrons. The van der Waals surface area contributed by atoms with E-state index in [9.17, 15) is 4.79 Å². The van der Waals surface area contributed by atoms with Crippen LogP contribution in [0.2, 0.25) is 0 Å². The molecule has 0 aliphatic carbocycles. The van der Waals surface area contributed by atoms with Crippen LogP contribution in [0.25, 0.3) is 0 Å². The highest BCUT2D eigenvalue weighted by atomic mass is 32.2. The van der Waals surface area contributed by atoms with Crippen molar-refractivity contribution in [1.29, 1.82) is 0 Å². The molecular formula is C9H15N3O2S2. The molecule has 0 bridgehead atoms. The zero-order valence-corrected chi connectivity index (χ0v) is 11.2. The second-order valence-electron chi connectivity index (χ2n) is 3.51. The van der Waals surface area contributed by atoms with Gasteiger partial charge in [-0.15, -0.1) is 10.2 Å². The average Bonchev–Trinajstić information content (AvgIpc) is 2.62. The van der Waals surface area contributed by atoms with Crippen molar-refractivity contribution in [2.24, 2.45) is 5.73 Å². The van der Waals surface area contributed by atoms with Gasteiger partial charge in [0.15, 0.2) is 4.34 Å². The van der Waals surface area contributed by atoms with Gasteiger partial charge in [-0.3, -0.25) is 4.79 Å². The van der Waals surface area contributed by atoms with E-state index in [4.69, 9.17) is 10.5 Å². The van der Waals surface area contributed by atoms with Gasteiger partial charge in [0.1, 0.15) is 10.5 Å². The Kier molecular flexibility index (Phi) is 4.69. The maximum Gasteiger partial charge on any atom is 0.326 e. The minimum atomic E-state index is -0.986. The van der Waals surface area contributed by atoms with Crippen LogP contribution in [-0.2, 0) is 9.53 Å². The van der Waals surface area contributed by atoms with Crippen LogP contribution in [0.15, 0.2) is 4.34 Å². The van der Waals surface area contributed by atoms with Gasteiger partial charge in [-0.25, -0.2) is 0 Å². The highest BCUT2D eigenvalue weighted by Gasteiger charge is 2.30. The van der Waals surface area contributed by atoms with Crippen molar-refractivity contribution in [1.82, 2.24) is 10.2 Å². The summed E-state index contributed by atoms with van der Waals surface area (Å²) >= 11 is 2.91. The van der Waals surface area contributed by atoms with E-state index < -0.39 is 5.54 Å². The van der Waals surface area contributed by atoms with Crippen LogP contribution >= 0.6 is 23.1 Å². The molecule has 0 spiro atoms. The molecule has 5 nitrogen and oxygen atoms in total. The topological polar surface area (TPSA) is 78.1 Å². The SMILES string of the molecule is CCOC(=O)C(C)(N)CSc1nnc(C)s1. The second kappa shape index (κ2) is 5.60. The molecule has 0 fully saturated rings. The van der Waals surface area contributed by atoms with Crippen LogP contribution in [0.3, 0.4) is 0 Å². The maximum atomic E-state index is 11.5. The Hall–Kier alpha value is -0.660. The van der Waals surface area contributed by atoms with Gasteiger partial charge in [0.25, 0.3) is 0 Å². The number of hydrogen-bond acceptors (Lipinski definition) is 7.